The summed E-state index contributed by atoms with van der Waals surface area (Å²) in [6, 6.07) is 3.87. The number of aryl methyl sites for hydroxylation is 1. The number of ether oxygens (including phenoxy) is 1. The minimum absolute atomic E-state index is 0.0485. The number of anilines is 1. The number of thiophene rings is 1. The van der Waals surface area contributed by atoms with Gasteiger partial charge in [-0.1, -0.05) is 6.92 Å². The van der Waals surface area contributed by atoms with Gasteiger partial charge in [0.15, 0.2) is 11.6 Å². The van der Waals surface area contributed by atoms with E-state index in [1.165, 1.54) is 0 Å². The molecule has 1 aliphatic rings. The zero-order valence-corrected chi connectivity index (χ0v) is 16.9. The second-order valence-electron chi connectivity index (χ2n) is 6.67. The van der Waals surface area contributed by atoms with Crippen molar-refractivity contribution in [1.82, 2.24) is 20.3 Å². The quantitative estimate of drug-likeness (QED) is 0.713. The van der Waals surface area contributed by atoms with E-state index in [2.05, 4.69) is 22.1 Å². The number of fused-ring (bicyclic) bond motifs is 1. The Hall–Kier alpha value is -2.58. The van der Waals surface area contributed by atoms with E-state index in [4.69, 9.17) is 14.7 Å². The fraction of sp³-hybridized carbons (Fsp3) is 0.400. The molecule has 1 amide bonds. The highest BCUT2D eigenvalue weighted by Gasteiger charge is 2.22. The molecule has 1 fully saturated rings. The smallest absolute Gasteiger partial charge is 0.220 e. The van der Waals surface area contributed by atoms with Crippen LogP contribution in [-0.4, -0.2) is 47.2 Å². The summed E-state index contributed by atoms with van der Waals surface area (Å²) in [6.45, 7) is 7.43. The van der Waals surface area contributed by atoms with Gasteiger partial charge in [0.1, 0.15) is 0 Å². The molecular weight excluding hydrogens is 374 g/mol. The van der Waals surface area contributed by atoms with Crippen LogP contribution in [0.1, 0.15) is 23.8 Å². The number of hydrogen-bond acceptors (Lipinski definition) is 7. The van der Waals surface area contributed by atoms with Gasteiger partial charge in [-0.2, -0.15) is 0 Å². The van der Waals surface area contributed by atoms with Crippen molar-refractivity contribution >= 4 is 33.3 Å². The van der Waals surface area contributed by atoms with Crippen LogP contribution in [-0.2, 0) is 16.1 Å². The van der Waals surface area contributed by atoms with Crippen LogP contribution in [0.2, 0.25) is 0 Å². The summed E-state index contributed by atoms with van der Waals surface area (Å²) in [5.41, 5.74) is 2.94. The van der Waals surface area contributed by atoms with Gasteiger partial charge >= 0.3 is 0 Å². The number of rotatable bonds is 5. The van der Waals surface area contributed by atoms with E-state index >= 15 is 0 Å². The largest absolute Gasteiger partial charge is 0.378 e. The summed E-state index contributed by atoms with van der Waals surface area (Å²) in [5, 5.41) is 2.98. The maximum atomic E-state index is 11.7. The molecular formula is C20H23N5O2S. The van der Waals surface area contributed by atoms with Gasteiger partial charge in [-0.15, -0.1) is 11.3 Å². The van der Waals surface area contributed by atoms with Crippen LogP contribution in [0.15, 0.2) is 24.5 Å². The average molecular weight is 398 g/mol. The first kappa shape index (κ1) is 18.8. The SMILES string of the molecule is CCC(=O)NCc1sc2c(N3CCOCC3)nc(-c3cccnc3)nc2c1C. The summed E-state index contributed by atoms with van der Waals surface area (Å²) in [7, 11) is 0. The van der Waals surface area contributed by atoms with E-state index in [0.717, 1.165) is 45.1 Å². The summed E-state index contributed by atoms with van der Waals surface area (Å²) in [6.07, 6.45) is 4.01. The van der Waals surface area contributed by atoms with Crippen molar-refractivity contribution in [3.63, 3.8) is 0 Å². The number of morpholine rings is 1. The van der Waals surface area contributed by atoms with Gasteiger partial charge in [0.25, 0.3) is 0 Å². The van der Waals surface area contributed by atoms with E-state index in [1.807, 2.05) is 19.1 Å². The van der Waals surface area contributed by atoms with Gasteiger partial charge in [0, 0.05) is 42.3 Å². The second-order valence-corrected chi connectivity index (χ2v) is 7.78. The van der Waals surface area contributed by atoms with Crippen LogP contribution in [0.25, 0.3) is 21.6 Å². The van der Waals surface area contributed by atoms with Crippen molar-refractivity contribution in [2.45, 2.75) is 26.8 Å². The number of nitrogens with one attached hydrogen (secondary N) is 1. The topological polar surface area (TPSA) is 80.2 Å². The van der Waals surface area contributed by atoms with Gasteiger partial charge < -0.3 is 15.0 Å². The molecule has 0 bridgehead atoms. The molecule has 8 heteroatoms. The van der Waals surface area contributed by atoms with Crippen molar-refractivity contribution < 1.29 is 9.53 Å². The summed E-state index contributed by atoms with van der Waals surface area (Å²) in [4.78, 5) is 29.0. The van der Waals surface area contributed by atoms with Crippen molar-refractivity contribution in [3.05, 3.63) is 35.0 Å². The molecule has 4 heterocycles. The number of hydrogen-bond donors (Lipinski definition) is 1. The third kappa shape index (κ3) is 3.70. The zero-order valence-electron chi connectivity index (χ0n) is 16.1. The van der Waals surface area contributed by atoms with E-state index in [-0.39, 0.29) is 5.91 Å². The van der Waals surface area contributed by atoms with Crippen molar-refractivity contribution in [2.75, 3.05) is 31.2 Å². The van der Waals surface area contributed by atoms with Gasteiger partial charge in [0.2, 0.25) is 5.91 Å². The minimum atomic E-state index is 0.0485. The number of pyridine rings is 1. The monoisotopic (exact) mass is 397 g/mol. The molecule has 0 aromatic carbocycles. The molecule has 0 saturated carbocycles. The molecule has 0 radical (unpaired) electrons. The third-order valence-corrected chi connectivity index (χ3v) is 6.12. The molecule has 0 unspecified atom stereocenters. The lowest BCUT2D eigenvalue weighted by molar-refractivity contribution is -0.120. The average Bonchev–Trinajstić information content (AvgIpc) is 3.08. The summed E-state index contributed by atoms with van der Waals surface area (Å²) in [5.74, 6) is 1.66. The van der Waals surface area contributed by atoms with Crippen molar-refractivity contribution in [3.8, 4) is 11.4 Å². The first-order chi connectivity index (χ1) is 13.7. The number of amides is 1. The molecule has 3 aromatic rings. The molecule has 146 valence electrons. The molecule has 1 saturated heterocycles. The van der Waals surface area contributed by atoms with Gasteiger partial charge in [-0.05, 0) is 24.6 Å². The van der Waals surface area contributed by atoms with Gasteiger partial charge in [-0.25, -0.2) is 9.97 Å². The predicted molar refractivity (Wildman–Crippen MR) is 111 cm³/mol. The second kappa shape index (κ2) is 8.20. The van der Waals surface area contributed by atoms with Crippen molar-refractivity contribution in [1.29, 1.82) is 0 Å². The Balaban J connectivity index is 1.82. The summed E-state index contributed by atoms with van der Waals surface area (Å²) < 4.78 is 6.58. The lowest BCUT2D eigenvalue weighted by Gasteiger charge is -2.28. The predicted octanol–water partition coefficient (Wildman–Crippen LogP) is 2.92. The molecule has 7 nitrogen and oxygen atoms in total. The maximum absolute atomic E-state index is 11.7. The number of carbonyl (C=O) groups is 1. The molecule has 28 heavy (non-hydrogen) atoms. The zero-order chi connectivity index (χ0) is 19.5. The number of aromatic nitrogens is 3. The highest BCUT2D eigenvalue weighted by molar-refractivity contribution is 7.19. The lowest BCUT2D eigenvalue weighted by Crippen LogP contribution is -2.36. The normalized spacial score (nSPS) is 14.4. The van der Waals surface area contributed by atoms with E-state index < -0.39 is 0 Å². The Bertz CT molecular complexity index is 983. The van der Waals surface area contributed by atoms with Crippen LogP contribution in [0.5, 0.6) is 0 Å². The molecule has 0 spiro atoms. The van der Waals surface area contributed by atoms with Crippen molar-refractivity contribution in [2.24, 2.45) is 0 Å². The third-order valence-electron chi connectivity index (χ3n) is 4.84. The minimum Gasteiger partial charge on any atom is -0.378 e. The first-order valence-electron chi connectivity index (χ1n) is 9.47. The maximum Gasteiger partial charge on any atom is 0.220 e. The number of nitrogens with zero attached hydrogens (tertiary/aromatic N) is 4. The molecule has 4 rings (SSSR count). The highest BCUT2D eigenvalue weighted by atomic mass is 32.1. The van der Waals surface area contributed by atoms with Gasteiger partial charge in [0.05, 0.1) is 30.0 Å². The Morgan fingerprint density at radius 3 is 2.86 bits per heavy atom. The standard InChI is InChI=1S/C20H23N5O2S/c1-3-16(26)22-12-15-13(2)17-18(28-15)20(25-7-9-27-10-8-25)24-19(23-17)14-5-4-6-21-11-14/h4-6,11H,3,7-10,12H2,1-2H3,(H,22,26). The molecule has 1 aliphatic heterocycles. The fourth-order valence-electron chi connectivity index (χ4n) is 3.20. The Kier molecular flexibility index (Phi) is 5.50. The Labute approximate surface area is 167 Å². The first-order valence-corrected chi connectivity index (χ1v) is 10.3. The van der Waals surface area contributed by atoms with Crippen LogP contribution >= 0.6 is 11.3 Å². The van der Waals surface area contributed by atoms with Crippen LogP contribution in [0, 0.1) is 6.92 Å². The van der Waals surface area contributed by atoms with E-state index in [0.29, 0.717) is 32.0 Å². The van der Waals surface area contributed by atoms with E-state index in [9.17, 15) is 4.79 Å². The van der Waals surface area contributed by atoms with Gasteiger partial charge in [-0.3, -0.25) is 9.78 Å². The molecule has 1 N–H and O–H groups in total. The molecule has 0 aliphatic carbocycles. The molecule has 0 atom stereocenters. The highest BCUT2D eigenvalue weighted by Crippen LogP contribution is 2.37. The number of carbonyl (C=O) groups excluding carboxylic acids is 1. The molecule has 3 aromatic heterocycles. The Morgan fingerprint density at radius 2 is 2.14 bits per heavy atom. The van der Waals surface area contributed by atoms with Crippen LogP contribution in [0.4, 0.5) is 5.82 Å². The summed E-state index contributed by atoms with van der Waals surface area (Å²) >= 11 is 1.66. The van der Waals surface area contributed by atoms with Crippen LogP contribution < -0.4 is 10.2 Å². The Morgan fingerprint density at radius 1 is 1.32 bits per heavy atom. The van der Waals surface area contributed by atoms with E-state index in [1.54, 1.807) is 23.7 Å². The van der Waals surface area contributed by atoms with Crippen LogP contribution in [0.3, 0.4) is 0 Å². The lowest BCUT2D eigenvalue weighted by atomic mass is 10.2. The fourth-order valence-corrected chi connectivity index (χ4v) is 4.41.